The average Bonchev–Trinajstić information content (AvgIpc) is 2.18. The minimum absolute atomic E-state index is 0.198. The average molecular weight is 200 g/mol. The Morgan fingerprint density at radius 2 is 2.29 bits per heavy atom. The van der Waals surface area contributed by atoms with Gasteiger partial charge in [0.15, 0.2) is 0 Å². The Hall–Kier alpha value is -1.43. The number of hydrogen-bond donors (Lipinski definition) is 1. The van der Waals surface area contributed by atoms with Crippen molar-refractivity contribution >= 4 is 17.8 Å². The van der Waals surface area contributed by atoms with E-state index in [4.69, 9.17) is 5.73 Å². The second kappa shape index (κ2) is 4.19. The molecule has 0 radical (unpaired) electrons. The van der Waals surface area contributed by atoms with Gasteiger partial charge in [0.1, 0.15) is 6.54 Å². The molecule has 1 fully saturated rings. The summed E-state index contributed by atoms with van der Waals surface area (Å²) in [6, 6.07) is -0.683. The molecule has 1 saturated heterocycles. The summed E-state index contributed by atoms with van der Waals surface area (Å²) in [4.78, 5) is 34.3. The molecular formula is C8H12N2O4. The van der Waals surface area contributed by atoms with Gasteiger partial charge in [-0.05, 0) is 6.42 Å². The zero-order valence-electron chi connectivity index (χ0n) is 7.86. The number of hydrogen-bond acceptors (Lipinski definition) is 5. The van der Waals surface area contributed by atoms with Gasteiger partial charge in [-0.1, -0.05) is 0 Å². The Bertz CT molecular complexity index is 277. The third-order valence-electron chi connectivity index (χ3n) is 2.07. The standard InChI is InChI=1S/C8H12N2O4/c1-14-7(12)4-10-6(11)3-2-5(9)8(10)13/h5H,2-4,9H2,1H3. The minimum Gasteiger partial charge on any atom is -0.468 e. The highest BCUT2D eigenvalue weighted by Gasteiger charge is 2.33. The predicted molar refractivity (Wildman–Crippen MR) is 45.9 cm³/mol. The summed E-state index contributed by atoms with van der Waals surface area (Å²) >= 11 is 0. The molecule has 1 aliphatic rings. The van der Waals surface area contributed by atoms with E-state index < -0.39 is 17.9 Å². The number of amides is 2. The largest absolute Gasteiger partial charge is 0.468 e. The molecule has 78 valence electrons. The van der Waals surface area contributed by atoms with Crippen LogP contribution in [0, 0.1) is 0 Å². The molecular weight excluding hydrogens is 188 g/mol. The number of nitrogens with two attached hydrogens (primary N) is 1. The van der Waals surface area contributed by atoms with Crippen molar-refractivity contribution in [1.82, 2.24) is 4.90 Å². The minimum atomic E-state index is -0.683. The van der Waals surface area contributed by atoms with E-state index in [9.17, 15) is 14.4 Å². The topological polar surface area (TPSA) is 89.7 Å². The monoisotopic (exact) mass is 200 g/mol. The maximum absolute atomic E-state index is 11.4. The van der Waals surface area contributed by atoms with Gasteiger partial charge in [0.25, 0.3) is 0 Å². The lowest BCUT2D eigenvalue weighted by molar-refractivity contribution is -0.156. The van der Waals surface area contributed by atoms with Crippen molar-refractivity contribution in [2.24, 2.45) is 5.73 Å². The van der Waals surface area contributed by atoms with Crippen LogP contribution in [0.15, 0.2) is 0 Å². The van der Waals surface area contributed by atoms with Crippen LogP contribution in [0.1, 0.15) is 12.8 Å². The van der Waals surface area contributed by atoms with Gasteiger partial charge in [0, 0.05) is 6.42 Å². The molecule has 14 heavy (non-hydrogen) atoms. The summed E-state index contributed by atoms with van der Waals surface area (Å²) in [6.45, 7) is -0.345. The lowest BCUT2D eigenvalue weighted by Crippen LogP contribution is -2.52. The molecule has 0 aromatic carbocycles. The Morgan fingerprint density at radius 1 is 1.64 bits per heavy atom. The van der Waals surface area contributed by atoms with E-state index in [1.807, 2.05) is 0 Å². The van der Waals surface area contributed by atoms with Crippen molar-refractivity contribution in [2.45, 2.75) is 18.9 Å². The molecule has 0 spiro atoms. The molecule has 1 rings (SSSR count). The molecule has 1 aliphatic heterocycles. The number of methoxy groups -OCH3 is 1. The first-order valence-corrected chi connectivity index (χ1v) is 4.23. The number of carbonyl (C=O) groups is 3. The highest BCUT2D eigenvalue weighted by atomic mass is 16.5. The third-order valence-corrected chi connectivity index (χ3v) is 2.07. The Labute approximate surface area is 81.0 Å². The highest BCUT2D eigenvalue weighted by Crippen LogP contribution is 2.11. The Balaban J connectivity index is 2.68. The third kappa shape index (κ3) is 2.08. The number of ether oxygens (including phenoxy) is 1. The normalized spacial score (nSPS) is 22.4. The van der Waals surface area contributed by atoms with Crippen LogP contribution in [0.2, 0.25) is 0 Å². The zero-order valence-corrected chi connectivity index (χ0v) is 7.86. The molecule has 0 aromatic heterocycles. The fraction of sp³-hybridized carbons (Fsp3) is 0.625. The molecule has 6 nitrogen and oxygen atoms in total. The van der Waals surface area contributed by atoms with Crippen molar-refractivity contribution in [2.75, 3.05) is 13.7 Å². The Morgan fingerprint density at radius 3 is 2.86 bits per heavy atom. The number of carbonyl (C=O) groups excluding carboxylic acids is 3. The fourth-order valence-electron chi connectivity index (χ4n) is 1.22. The molecule has 0 bridgehead atoms. The predicted octanol–water partition coefficient (Wildman–Crippen LogP) is -1.36. The number of nitrogens with zero attached hydrogens (tertiary/aromatic N) is 1. The molecule has 0 saturated carbocycles. The number of likely N-dealkylation sites (tertiary alicyclic amines) is 1. The maximum atomic E-state index is 11.4. The first-order chi connectivity index (χ1) is 6.56. The first kappa shape index (κ1) is 10.6. The SMILES string of the molecule is COC(=O)CN1C(=O)CCC(N)C1=O. The van der Waals surface area contributed by atoms with Crippen LogP contribution >= 0.6 is 0 Å². The molecule has 2 N–H and O–H groups in total. The van der Waals surface area contributed by atoms with Gasteiger partial charge in [0.05, 0.1) is 13.2 Å². The second-order valence-corrected chi connectivity index (χ2v) is 3.04. The summed E-state index contributed by atoms with van der Waals surface area (Å²) in [6.07, 6.45) is 0.541. The van der Waals surface area contributed by atoms with E-state index in [0.29, 0.717) is 6.42 Å². The van der Waals surface area contributed by atoms with Gasteiger partial charge in [-0.3, -0.25) is 19.3 Å². The van der Waals surface area contributed by atoms with Crippen molar-refractivity contribution in [3.8, 4) is 0 Å². The molecule has 1 heterocycles. The van der Waals surface area contributed by atoms with Gasteiger partial charge >= 0.3 is 5.97 Å². The van der Waals surface area contributed by atoms with Gasteiger partial charge in [-0.15, -0.1) is 0 Å². The van der Waals surface area contributed by atoms with Crippen LogP contribution in [0.5, 0.6) is 0 Å². The molecule has 6 heteroatoms. The van der Waals surface area contributed by atoms with E-state index in [0.717, 1.165) is 4.90 Å². The van der Waals surface area contributed by atoms with Crippen LogP contribution in [0.3, 0.4) is 0 Å². The quantitative estimate of drug-likeness (QED) is 0.439. The molecule has 0 aromatic rings. The van der Waals surface area contributed by atoms with Crippen molar-refractivity contribution in [3.05, 3.63) is 0 Å². The molecule has 2 amide bonds. The number of piperidine rings is 1. The van der Waals surface area contributed by atoms with E-state index >= 15 is 0 Å². The second-order valence-electron chi connectivity index (χ2n) is 3.04. The van der Waals surface area contributed by atoms with Crippen LogP contribution in [0.25, 0.3) is 0 Å². The van der Waals surface area contributed by atoms with Crippen LogP contribution < -0.4 is 5.73 Å². The van der Waals surface area contributed by atoms with E-state index in [1.54, 1.807) is 0 Å². The summed E-state index contributed by atoms with van der Waals surface area (Å²) in [5.74, 6) is -1.51. The lowest BCUT2D eigenvalue weighted by atomic mass is 10.1. The zero-order chi connectivity index (χ0) is 10.7. The van der Waals surface area contributed by atoms with Gasteiger partial charge in [-0.2, -0.15) is 0 Å². The molecule has 1 atom stereocenters. The lowest BCUT2D eigenvalue weighted by Gasteiger charge is -2.27. The van der Waals surface area contributed by atoms with Gasteiger partial charge in [-0.25, -0.2) is 0 Å². The van der Waals surface area contributed by atoms with Crippen LogP contribution in [0.4, 0.5) is 0 Å². The maximum Gasteiger partial charge on any atom is 0.325 e. The van der Waals surface area contributed by atoms with Gasteiger partial charge in [0.2, 0.25) is 11.8 Å². The van der Waals surface area contributed by atoms with E-state index in [2.05, 4.69) is 4.74 Å². The van der Waals surface area contributed by atoms with Crippen LogP contribution in [-0.4, -0.2) is 42.4 Å². The number of esters is 1. The summed E-state index contributed by atoms with van der Waals surface area (Å²) < 4.78 is 4.36. The van der Waals surface area contributed by atoms with Crippen LogP contribution in [-0.2, 0) is 19.1 Å². The van der Waals surface area contributed by atoms with Gasteiger partial charge < -0.3 is 10.5 Å². The van der Waals surface area contributed by atoms with Crippen molar-refractivity contribution in [1.29, 1.82) is 0 Å². The molecule has 0 aliphatic carbocycles. The molecule has 1 unspecified atom stereocenters. The highest BCUT2D eigenvalue weighted by molar-refractivity contribution is 6.02. The van der Waals surface area contributed by atoms with Crippen molar-refractivity contribution in [3.63, 3.8) is 0 Å². The van der Waals surface area contributed by atoms with E-state index in [1.165, 1.54) is 7.11 Å². The smallest absolute Gasteiger partial charge is 0.325 e. The number of imide groups is 1. The number of rotatable bonds is 2. The Kier molecular flexibility index (Phi) is 3.19. The van der Waals surface area contributed by atoms with Crippen molar-refractivity contribution < 1.29 is 19.1 Å². The summed E-state index contributed by atoms with van der Waals surface area (Å²) in [5, 5.41) is 0. The summed E-state index contributed by atoms with van der Waals surface area (Å²) in [5.41, 5.74) is 5.45. The van der Waals surface area contributed by atoms with E-state index in [-0.39, 0.29) is 18.9 Å². The fourth-order valence-corrected chi connectivity index (χ4v) is 1.22. The first-order valence-electron chi connectivity index (χ1n) is 4.23. The summed E-state index contributed by atoms with van der Waals surface area (Å²) in [7, 11) is 1.20.